The number of H-pyrrole nitrogens is 1. The van der Waals surface area contributed by atoms with Crippen molar-refractivity contribution < 1.29 is 9.94 Å². The van der Waals surface area contributed by atoms with E-state index >= 15 is 0 Å². The maximum Gasteiger partial charge on any atom is 0.139 e. The van der Waals surface area contributed by atoms with Gasteiger partial charge in [-0.15, -0.1) is 0 Å². The highest BCUT2D eigenvalue weighted by molar-refractivity contribution is 5.87. The summed E-state index contributed by atoms with van der Waals surface area (Å²) in [5, 5.41) is 10.4. The van der Waals surface area contributed by atoms with Gasteiger partial charge in [0.15, 0.2) is 0 Å². The minimum absolute atomic E-state index is 0.237. The zero-order valence-corrected chi connectivity index (χ0v) is 6.95. The van der Waals surface area contributed by atoms with Crippen molar-refractivity contribution in [2.75, 3.05) is 0 Å². The van der Waals surface area contributed by atoms with Crippen LogP contribution in [-0.4, -0.2) is 10.1 Å². The van der Waals surface area contributed by atoms with Crippen LogP contribution in [0.25, 0.3) is 10.9 Å². The fourth-order valence-electron chi connectivity index (χ4n) is 1.41. The molecule has 1 aromatic carbocycles. The Kier molecular flexibility index (Phi) is 1.92. The molecular weight excluding hydrogens is 168 g/mol. The zero-order chi connectivity index (χ0) is 9.26. The molecule has 4 N–H and O–H groups in total. The lowest BCUT2D eigenvalue weighted by Gasteiger charge is -1.96. The molecule has 1 heterocycles. The number of benzene rings is 1. The third-order valence-electron chi connectivity index (χ3n) is 2.02. The van der Waals surface area contributed by atoms with Crippen molar-refractivity contribution in [1.82, 2.24) is 4.98 Å². The van der Waals surface area contributed by atoms with Gasteiger partial charge >= 0.3 is 0 Å². The lowest BCUT2D eigenvalue weighted by Crippen LogP contribution is -1.97. The van der Waals surface area contributed by atoms with Gasteiger partial charge < -0.3 is 10.1 Å². The van der Waals surface area contributed by atoms with Gasteiger partial charge in [-0.2, -0.15) is 0 Å². The first-order valence-corrected chi connectivity index (χ1v) is 3.92. The van der Waals surface area contributed by atoms with Gasteiger partial charge in [0, 0.05) is 17.1 Å². The maximum absolute atomic E-state index is 9.45. The van der Waals surface area contributed by atoms with Crippen LogP contribution < -0.4 is 5.90 Å². The molecular formula is C9H10N2O2. The number of hydrogen-bond donors (Lipinski definition) is 3. The minimum Gasteiger partial charge on any atom is -0.506 e. The van der Waals surface area contributed by atoms with Crippen LogP contribution in [0.3, 0.4) is 0 Å². The molecule has 0 radical (unpaired) electrons. The predicted molar refractivity (Wildman–Crippen MR) is 48.9 cm³/mol. The number of hydrogen-bond acceptors (Lipinski definition) is 3. The van der Waals surface area contributed by atoms with Crippen molar-refractivity contribution in [2.24, 2.45) is 5.90 Å². The highest BCUT2D eigenvalue weighted by atomic mass is 16.6. The molecule has 13 heavy (non-hydrogen) atoms. The number of aromatic nitrogens is 1. The number of phenols is 1. The van der Waals surface area contributed by atoms with Gasteiger partial charge in [0.25, 0.3) is 0 Å². The maximum atomic E-state index is 9.45. The molecule has 0 aliphatic heterocycles. The lowest BCUT2D eigenvalue weighted by molar-refractivity contribution is 0.125. The summed E-state index contributed by atoms with van der Waals surface area (Å²) in [4.78, 5) is 7.49. The molecule has 0 aliphatic carbocycles. The second-order valence-corrected chi connectivity index (χ2v) is 2.82. The molecule has 0 fully saturated rings. The Morgan fingerprint density at radius 3 is 3.08 bits per heavy atom. The van der Waals surface area contributed by atoms with Gasteiger partial charge in [-0.05, 0) is 6.07 Å². The van der Waals surface area contributed by atoms with Crippen molar-refractivity contribution in [3.63, 3.8) is 0 Å². The van der Waals surface area contributed by atoms with Crippen LogP contribution in [0.5, 0.6) is 5.75 Å². The number of phenolic OH excluding ortho intramolecular Hbond substituents is 1. The summed E-state index contributed by atoms with van der Waals surface area (Å²) in [7, 11) is 0. The molecule has 2 aromatic rings. The minimum atomic E-state index is 0.237. The highest BCUT2D eigenvalue weighted by Crippen LogP contribution is 2.25. The summed E-state index contributed by atoms with van der Waals surface area (Å²) in [6.07, 6.45) is 1.78. The normalized spacial score (nSPS) is 10.8. The van der Waals surface area contributed by atoms with E-state index in [0.717, 1.165) is 16.5 Å². The first-order valence-electron chi connectivity index (χ1n) is 3.92. The van der Waals surface area contributed by atoms with E-state index in [4.69, 9.17) is 5.90 Å². The standard InChI is InChI=1S/C9H10N2O2/c10-13-5-6-4-11-9-7(6)2-1-3-8(9)12/h1-4,11-12H,5,10H2. The molecule has 1 aromatic heterocycles. The van der Waals surface area contributed by atoms with Crippen molar-refractivity contribution in [1.29, 1.82) is 0 Å². The Labute approximate surface area is 74.9 Å². The van der Waals surface area contributed by atoms with Crippen molar-refractivity contribution in [2.45, 2.75) is 6.61 Å². The topological polar surface area (TPSA) is 71.3 Å². The lowest BCUT2D eigenvalue weighted by atomic mass is 10.2. The van der Waals surface area contributed by atoms with E-state index in [1.807, 2.05) is 6.07 Å². The molecule has 0 aliphatic rings. The smallest absolute Gasteiger partial charge is 0.139 e. The molecule has 0 saturated heterocycles. The van der Waals surface area contributed by atoms with Crippen LogP contribution in [0.2, 0.25) is 0 Å². The number of fused-ring (bicyclic) bond motifs is 1. The molecule has 2 rings (SSSR count). The summed E-state index contributed by atoms with van der Waals surface area (Å²) in [6, 6.07) is 5.32. The monoisotopic (exact) mass is 178 g/mol. The number of aromatic amines is 1. The molecule has 4 nitrogen and oxygen atoms in total. The largest absolute Gasteiger partial charge is 0.506 e. The van der Waals surface area contributed by atoms with E-state index in [-0.39, 0.29) is 5.75 Å². The highest BCUT2D eigenvalue weighted by Gasteiger charge is 2.05. The molecule has 0 spiro atoms. The van der Waals surface area contributed by atoms with Gasteiger partial charge in [-0.1, -0.05) is 12.1 Å². The van der Waals surface area contributed by atoms with Gasteiger partial charge in [0.2, 0.25) is 0 Å². The van der Waals surface area contributed by atoms with E-state index in [1.54, 1.807) is 18.3 Å². The van der Waals surface area contributed by atoms with Gasteiger partial charge in [-0.25, -0.2) is 5.90 Å². The van der Waals surface area contributed by atoms with Gasteiger partial charge in [0.1, 0.15) is 5.75 Å². The fourth-order valence-corrected chi connectivity index (χ4v) is 1.41. The average Bonchev–Trinajstić information content (AvgIpc) is 2.51. The van der Waals surface area contributed by atoms with Crippen molar-refractivity contribution in [3.8, 4) is 5.75 Å². The third-order valence-corrected chi connectivity index (χ3v) is 2.02. The second kappa shape index (κ2) is 3.08. The van der Waals surface area contributed by atoms with Crippen LogP contribution in [0, 0.1) is 0 Å². The molecule has 68 valence electrons. The Morgan fingerprint density at radius 2 is 2.31 bits per heavy atom. The number of nitrogens with one attached hydrogen (secondary N) is 1. The summed E-state index contributed by atoms with van der Waals surface area (Å²) in [5.74, 6) is 5.21. The van der Waals surface area contributed by atoms with Crippen molar-refractivity contribution >= 4 is 10.9 Å². The van der Waals surface area contributed by atoms with Crippen LogP contribution in [-0.2, 0) is 11.4 Å². The first kappa shape index (κ1) is 8.10. The third kappa shape index (κ3) is 1.26. The Bertz CT molecular complexity index is 422. The molecule has 0 unspecified atom stereocenters. The molecule has 0 bridgehead atoms. The molecule has 0 amide bonds. The Morgan fingerprint density at radius 1 is 1.46 bits per heavy atom. The molecule has 0 saturated carbocycles. The van der Waals surface area contributed by atoms with E-state index < -0.39 is 0 Å². The van der Waals surface area contributed by atoms with Crippen molar-refractivity contribution in [3.05, 3.63) is 30.0 Å². The molecule has 4 heteroatoms. The Hall–Kier alpha value is -1.52. The number of nitrogens with two attached hydrogens (primary N) is 1. The SMILES string of the molecule is NOCc1c[nH]c2c(O)cccc12. The van der Waals surface area contributed by atoms with Gasteiger partial charge in [0.05, 0.1) is 12.1 Å². The summed E-state index contributed by atoms with van der Waals surface area (Å²) < 4.78 is 0. The van der Waals surface area contributed by atoms with E-state index in [0.29, 0.717) is 6.61 Å². The Balaban J connectivity index is 2.61. The quantitative estimate of drug-likeness (QED) is 0.606. The van der Waals surface area contributed by atoms with Crippen LogP contribution in [0.1, 0.15) is 5.56 Å². The van der Waals surface area contributed by atoms with E-state index in [2.05, 4.69) is 9.82 Å². The summed E-state index contributed by atoms with van der Waals surface area (Å²) >= 11 is 0. The first-order chi connectivity index (χ1) is 6.33. The van der Waals surface area contributed by atoms with E-state index in [9.17, 15) is 5.11 Å². The van der Waals surface area contributed by atoms with Crippen LogP contribution >= 0.6 is 0 Å². The summed E-state index contributed by atoms with van der Waals surface area (Å²) in [5.41, 5.74) is 1.66. The average molecular weight is 178 g/mol. The summed E-state index contributed by atoms with van der Waals surface area (Å²) in [6.45, 7) is 0.337. The van der Waals surface area contributed by atoms with Crippen LogP contribution in [0.4, 0.5) is 0 Å². The fraction of sp³-hybridized carbons (Fsp3) is 0.111. The number of aromatic hydroxyl groups is 1. The van der Waals surface area contributed by atoms with Gasteiger partial charge in [-0.3, -0.25) is 4.84 Å². The predicted octanol–water partition coefficient (Wildman–Crippen LogP) is 1.26. The van der Waals surface area contributed by atoms with E-state index in [1.165, 1.54) is 0 Å². The molecule has 0 atom stereocenters. The number of rotatable bonds is 2. The zero-order valence-electron chi connectivity index (χ0n) is 6.95. The second-order valence-electron chi connectivity index (χ2n) is 2.82. The number of para-hydroxylation sites is 1. The van der Waals surface area contributed by atoms with Crippen LogP contribution in [0.15, 0.2) is 24.4 Å².